The average Bonchev–Trinajstić information content (AvgIpc) is 3.56. The summed E-state index contributed by atoms with van der Waals surface area (Å²) in [6.45, 7) is 2.60. The zero-order valence-electron chi connectivity index (χ0n) is 19.8. The number of fused-ring (bicyclic) bond motifs is 1. The van der Waals surface area contributed by atoms with Crippen molar-refractivity contribution in [3.05, 3.63) is 46.8 Å². The number of carbonyl (C=O) groups excluding carboxylic acids is 3. The smallest absolute Gasteiger partial charge is 0.269 e. The van der Waals surface area contributed by atoms with Crippen molar-refractivity contribution in [2.24, 2.45) is 17.1 Å². The molecule has 34 heavy (non-hydrogen) atoms. The minimum Gasteiger partial charge on any atom is -0.364 e. The van der Waals surface area contributed by atoms with Crippen LogP contribution in [-0.4, -0.2) is 45.9 Å². The summed E-state index contributed by atoms with van der Waals surface area (Å²) in [4.78, 5) is 39.0. The molecule has 2 heterocycles. The molecule has 7 heteroatoms. The van der Waals surface area contributed by atoms with Crippen LogP contribution in [0.25, 0.3) is 5.69 Å². The first-order chi connectivity index (χ1) is 16.3. The first-order valence-corrected chi connectivity index (χ1v) is 12.1. The number of carbonyl (C=O) groups is 3. The number of hydrogen-bond donors (Lipinski definition) is 1. The van der Waals surface area contributed by atoms with Crippen LogP contribution in [0.5, 0.6) is 0 Å². The Morgan fingerprint density at radius 2 is 2.06 bits per heavy atom. The molecule has 0 bridgehead atoms. The fourth-order valence-corrected chi connectivity index (χ4v) is 5.27. The highest BCUT2D eigenvalue weighted by Crippen LogP contribution is 2.40. The first-order valence-electron chi connectivity index (χ1n) is 12.1. The Morgan fingerprint density at radius 3 is 2.74 bits per heavy atom. The summed E-state index contributed by atoms with van der Waals surface area (Å²) >= 11 is 0. The maximum Gasteiger partial charge on any atom is 0.269 e. The summed E-state index contributed by atoms with van der Waals surface area (Å²) in [5, 5.41) is 4.62. The van der Waals surface area contributed by atoms with Crippen LogP contribution in [0.2, 0.25) is 0 Å². The van der Waals surface area contributed by atoms with Gasteiger partial charge >= 0.3 is 0 Å². The lowest BCUT2D eigenvalue weighted by molar-refractivity contribution is -0.131. The largest absolute Gasteiger partial charge is 0.364 e. The lowest BCUT2D eigenvalue weighted by Crippen LogP contribution is -2.28. The Balaban J connectivity index is 1.49. The van der Waals surface area contributed by atoms with Crippen molar-refractivity contribution in [1.82, 2.24) is 14.7 Å². The Labute approximate surface area is 199 Å². The molecular weight excluding hydrogens is 428 g/mol. The van der Waals surface area contributed by atoms with Gasteiger partial charge in [0.25, 0.3) is 5.91 Å². The van der Waals surface area contributed by atoms with Gasteiger partial charge in [-0.05, 0) is 69.6 Å². The number of aromatic nitrogens is 2. The van der Waals surface area contributed by atoms with E-state index in [9.17, 15) is 14.4 Å². The molecule has 1 saturated heterocycles. The first kappa shape index (κ1) is 22.4. The molecule has 0 unspecified atom stereocenters. The number of likely N-dealkylation sites (tertiary alicyclic amines) is 1. The van der Waals surface area contributed by atoms with Gasteiger partial charge in [0, 0.05) is 42.8 Å². The third-order valence-corrected chi connectivity index (χ3v) is 7.45. The van der Waals surface area contributed by atoms with Crippen molar-refractivity contribution >= 4 is 17.6 Å². The van der Waals surface area contributed by atoms with Crippen LogP contribution in [-0.2, 0) is 16.0 Å². The second-order valence-corrected chi connectivity index (χ2v) is 10.1. The SMILES string of the molecule is CN1CC[C@@](C)(C#Cc2cccc(-n3nc(C(N)=O)c4c3CCC[C@H]4CC(=O)C3CC3)c2)C1=O. The number of amides is 2. The summed E-state index contributed by atoms with van der Waals surface area (Å²) in [5.74, 6) is 6.32. The Morgan fingerprint density at radius 1 is 1.26 bits per heavy atom. The van der Waals surface area contributed by atoms with E-state index in [0.29, 0.717) is 25.2 Å². The topological polar surface area (TPSA) is 98.3 Å². The highest BCUT2D eigenvalue weighted by Gasteiger charge is 2.40. The summed E-state index contributed by atoms with van der Waals surface area (Å²) in [6, 6.07) is 7.67. The summed E-state index contributed by atoms with van der Waals surface area (Å²) in [6.07, 6.45) is 5.71. The van der Waals surface area contributed by atoms with Gasteiger partial charge in [-0.25, -0.2) is 4.68 Å². The minimum absolute atomic E-state index is 0.0126. The molecule has 0 radical (unpaired) electrons. The second kappa shape index (κ2) is 8.43. The fourth-order valence-electron chi connectivity index (χ4n) is 5.27. The molecule has 3 aliphatic rings. The molecule has 2 amide bonds. The molecule has 2 aromatic rings. The van der Waals surface area contributed by atoms with Crippen LogP contribution in [0.3, 0.4) is 0 Å². The molecule has 176 valence electrons. The van der Waals surface area contributed by atoms with E-state index in [1.54, 1.807) is 16.6 Å². The molecule has 7 nitrogen and oxygen atoms in total. The lowest BCUT2D eigenvalue weighted by Gasteiger charge is -2.23. The van der Waals surface area contributed by atoms with E-state index in [1.165, 1.54) is 0 Å². The predicted molar refractivity (Wildman–Crippen MR) is 127 cm³/mol. The molecule has 5 rings (SSSR count). The summed E-state index contributed by atoms with van der Waals surface area (Å²) in [5.41, 5.74) is 8.70. The maximum absolute atomic E-state index is 12.6. The van der Waals surface area contributed by atoms with Gasteiger partial charge in [0.05, 0.1) is 5.69 Å². The molecule has 2 atom stereocenters. The Hall–Kier alpha value is -3.40. The molecular formula is C27H30N4O3. The molecule has 1 saturated carbocycles. The van der Waals surface area contributed by atoms with Crippen LogP contribution in [0.1, 0.15) is 78.7 Å². The molecule has 1 aromatic heterocycles. The van der Waals surface area contributed by atoms with Crippen LogP contribution in [0.15, 0.2) is 24.3 Å². The quantitative estimate of drug-likeness (QED) is 0.697. The molecule has 2 fully saturated rings. The lowest BCUT2D eigenvalue weighted by atomic mass is 9.81. The second-order valence-electron chi connectivity index (χ2n) is 10.1. The van der Waals surface area contributed by atoms with E-state index in [4.69, 9.17) is 5.73 Å². The minimum atomic E-state index is -0.671. The van der Waals surface area contributed by atoms with Gasteiger partial charge in [-0.3, -0.25) is 14.4 Å². The maximum atomic E-state index is 12.6. The highest BCUT2D eigenvalue weighted by molar-refractivity contribution is 5.93. The molecule has 1 aromatic carbocycles. The van der Waals surface area contributed by atoms with Gasteiger partial charge in [-0.2, -0.15) is 5.10 Å². The third-order valence-electron chi connectivity index (χ3n) is 7.45. The highest BCUT2D eigenvalue weighted by atomic mass is 16.2. The zero-order chi connectivity index (χ0) is 24.0. The Bertz CT molecular complexity index is 1250. The van der Waals surface area contributed by atoms with Crippen LogP contribution >= 0.6 is 0 Å². The molecule has 1 aliphatic heterocycles. The zero-order valence-corrected chi connectivity index (χ0v) is 19.8. The van der Waals surface area contributed by atoms with E-state index >= 15 is 0 Å². The standard InChI is InChI=1S/C27H30N4O3/c1-27(13-14-30(2)26(27)34)12-11-17-5-3-7-20(15-17)31-21-8-4-6-19(16-22(32)18-9-10-18)23(21)24(29-31)25(28)33/h3,5,7,15,18-19H,4,6,8-10,13-14,16H2,1-2H3,(H2,28,33)/t19-,27+/m0/s1. The van der Waals surface area contributed by atoms with Gasteiger partial charge < -0.3 is 10.6 Å². The summed E-state index contributed by atoms with van der Waals surface area (Å²) < 4.78 is 1.80. The Kier molecular flexibility index (Phi) is 5.55. The van der Waals surface area contributed by atoms with Crippen molar-refractivity contribution in [1.29, 1.82) is 0 Å². The van der Waals surface area contributed by atoms with Gasteiger partial charge in [0.1, 0.15) is 11.2 Å². The van der Waals surface area contributed by atoms with Crippen molar-refractivity contribution < 1.29 is 14.4 Å². The van der Waals surface area contributed by atoms with Gasteiger partial charge in [-0.1, -0.05) is 17.9 Å². The van der Waals surface area contributed by atoms with Crippen LogP contribution in [0, 0.1) is 23.2 Å². The molecule has 0 spiro atoms. The van der Waals surface area contributed by atoms with Gasteiger partial charge in [-0.15, -0.1) is 0 Å². The molecule has 2 aliphatic carbocycles. The van der Waals surface area contributed by atoms with Crippen molar-refractivity contribution in [3.63, 3.8) is 0 Å². The number of nitrogens with two attached hydrogens (primary N) is 1. The summed E-state index contributed by atoms with van der Waals surface area (Å²) in [7, 11) is 1.80. The van der Waals surface area contributed by atoms with Crippen molar-refractivity contribution in [2.45, 2.75) is 57.8 Å². The number of primary amides is 1. The number of Topliss-reactive ketones (excluding diaryl/α,β-unsaturated/α-hetero) is 1. The van der Waals surface area contributed by atoms with E-state index in [0.717, 1.165) is 54.6 Å². The van der Waals surface area contributed by atoms with Crippen LogP contribution < -0.4 is 5.73 Å². The van der Waals surface area contributed by atoms with E-state index in [2.05, 4.69) is 16.9 Å². The van der Waals surface area contributed by atoms with Gasteiger partial charge in [0.15, 0.2) is 5.69 Å². The number of nitrogens with zero attached hydrogens (tertiary/aromatic N) is 3. The molecule has 2 N–H and O–H groups in total. The van der Waals surface area contributed by atoms with Crippen molar-refractivity contribution in [2.75, 3.05) is 13.6 Å². The van der Waals surface area contributed by atoms with Gasteiger partial charge in [0.2, 0.25) is 5.91 Å². The average molecular weight is 459 g/mol. The number of hydrogen-bond acceptors (Lipinski definition) is 4. The third kappa shape index (κ3) is 4.02. The van der Waals surface area contributed by atoms with Crippen LogP contribution in [0.4, 0.5) is 0 Å². The monoisotopic (exact) mass is 458 g/mol. The fraction of sp³-hybridized carbons (Fsp3) is 0.481. The number of benzene rings is 1. The van der Waals surface area contributed by atoms with E-state index < -0.39 is 11.3 Å². The van der Waals surface area contributed by atoms with Crippen molar-refractivity contribution in [3.8, 4) is 17.5 Å². The normalized spacial score (nSPS) is 23.9. The van der Waals surface area contributed by atoms with E-state index in [1.807, 2.05) is 31.2 Å². The number of rotatable bonds is 5. The number of ketones is 1. The predicted octanol–water partition coefficient (Wildman–Crippen LogP) is 2.98. The van der Waals surface area contributed by atoms with E-state index in [-0.39, 0.29) is 23.4 Å².